The molecule has 0 atom stereocenters. The number of rotatable bonds is 8. The van der Waals surface area contributed by atoms with Crippen LogP contribution in [0.2, 0.25) is 0 Å². The number of ether oxygens (including phenoxy) is 1. The molecule has 1 amide bonds. The van der Waals surface area contributed by atoms with Crippen molar-refractivity contribution < 1.29 is 19.4 Å². The molecule has 1 saturated heterocycles. The normalized spacial score (nSPS) is 13.8. The highest BCUT2D eigenvalue weighted by atomic mass is 16.5. The molecule has 0 aliphatic carbocycles. The van der Waals surface area contributed by atoms with Gasteiger partial charge < -0.3 is 25.0 Å². The fourth-order valence-electron chi connectivity index (χ4n) is 3.63. The van der Waals surface area contributed by atoms with Crippen LogP contribution in [0.15, 0.2) is 42.5 Å². The fraction of sp³-hybridized carbons (Fsp3) is 0.391. The van der Waals surface area contributed by atoms with Gasteiger partial charge in [0.1, 0.15) is 5.75 Å². The highest BCUT2D eigenvalue weighted by molar-refractivity contribution is 5.98. The largest absolute Gasteiger partial charge is 0.497 e. The molecule has 0 saturated carbocycles. The van der Waals surface area contributed by atoms with E-state index < -0.39 is 5.97 Å². The molecule has 7 nitrogen and oxygen atoms in total. The molecule has 2 aromatic carbocycles. The van der Waals surface area contributed by atoms with Gasteiger partial charge in [-0.1, -0.05) is 19.4 Å². The number of aromatic carboxylic acids is 1. The number of amides is 1. The first-order valence-corrected chi connectivity index (χ1v) is 10.3. The number of carboxylic acid groups (broad SMARTS) is 1. The zero-order valence-corrected chi connectivity index (χ0v) is 17.6. The Kier molecular flexibility index (Phi) is 7.17. The van der Waals surface area contributed by atoms with Gasteiger partial charge in [-0.15, -0.1) is 0 Å². The maximum Gasteiger partial charge on any atom is 0.337 e. The third-order valence-electron chi connectivity index (χ3n) is 5.31. The highest BCUT2D eigenvalue weighted by Crippen LogP contribution is 2.28. The molecule has 7 heteroatoms. The summed E-state index contributed by atoms with van der Waals surface area (Å²) in [4.78, 5) is 28.2. The molecule has 1 aliphatic rings. The number of nitrogens with one attached hydrogen (secondary N) is 1. The predicted molar refractivity (Wildman–Crippen MR) is 119 cm³/mol. The van der Waals surface area contributed by atoms with E-state index in [0.29, 0.717) is 30.9 Å². The van der Waals surface area contributed by atoms with Gasteiger partial charge in [0, 0.05) is 50.0 Å². The molecule has 1 heterocycles. The Morgan fingerprint density at radius 2 is 1.80 bits per heavy atom. The number of carbonyl (C=O) groups excluding carboxylic acids is 1. The molecule has 3 rings (SSSR count). The number of methoxy groups -OCH3 is 1. The van der Waals surface area contributed by atoms with Crippen LogP contribution in [0.25, 0.3) is 0 Å². The van der Waals surface area contributed by atoms with Gasteiger partial charge >= 0.3 is 5.97 Å². The summed E-state index contributed by atoms with van der Waals surface area (Å²) in [6, 6.07) is 13.1. The Balaban J connectivity index is 1.70. The smallest absolute Gasteiger partial charge is 0.337 e. The van der Waals surface area contributed by atoms with E-state index in [-0.39, 0.29) is 11.5 Å². The first-order valence-electron chi connectivity index (χ1n) is 10.3. The van der Waals surface area contributed by atoms with Crippen LogP contribution in [-0.2, 0) is 4.79 Å². The predicted octanol–water partition coefficient (Wildman–Crippen LogP) is 3.85. The molecule has 160 valence electrons. The number of benzene rings is 2. The molecule has 2 aromatic rings. The number of nitrogens with zero attached hydrogens (tertiary/aromatic N) is 2. The molecule has 1 aliphatic heterocycles. The summed E-state index contributed by atoms with van der Waals surface area (Å²) in [5.74, 6) is -0.266. The van der Waals surface area contributed by atoms with E-state index in [0.717, 1.165) is 37.4 Å². The van der Waals surface area contributed by atoms with Crippen LogP contribution in [0.1, 0.15) is 36.5 Å². The quantitative estimate of drug-likeness (QED) is 0.687. The summed E-state index contributed by atoms with van der Waals surface area (Å²) in [5, 5.41) is 12.5. The lowest BCUT2D eigenvalue weighted by molar-refractivity contribution is -0.116. The number of carboxylic acids is 1. The summed E-state index contributed by atoms with van der Waals surface area (Å²) in [6.07, 6.45) is 2.19. The second-order valence-corrected chi connectivity index (χ2v) is 7.36. The van der Waals surface area contributed by atoms with Crippen molar-refractivity contribution in [2.75, 3.05) is 48.4 Å². The molecule has 0 spiro atoms. The maximum atomic E-state index is 12.0. The van der Waals surface area contributed by atoms with Gasteiger partial charge in [-0.3, -0.25) is 4.79 Å². The minimum atomic E-state index is -0.995. The van der Waals surface area contributed by atoms with Crippen LogP contribution in [0, 0.1) is 0 Å². The number of piperazine rings is 1. The molecule has 2 N–H and O–H groups in total. The van der Waals surface area contributed by atoms with Crippen LogP contribution < -0.4 is 19.9 Å². The molecule has 30 heavy (non-hydrogen) atoms. The van der Waals surface area contributed by atoms with Gasteiger partial charge in [-0.05, 0) is 36.8 Å². The van der Waals surface area contributed by atoms with E-state index in [9.17, 15) is 14.7 Å². The van der Waals surface area contributed by atoms with Crippen molar-refractivity contribution in [3.05, 3.63) is 48.0 Å². The standard InChI is InChI=1S/C23H29N3O4/c1-3-4-8-22(27)24-17-9-10-21(20(15-17)23(28)29)26-13-11-25(12-14-26)18-6-5-7-19(16-18)30-2/h5-7,9-10,15-16H,3-4,8,11-14H2,1-2H3,(H,24,27)(H,28,29). The fourth-order valence-corrected chi connectivity index (χ4v) is 3.63. The number of hydrogen-bond acceptors (Lipinski definition) is 5. The second kappa shape index (κ2) is 10.0. The Bertz CT molecular complexity index is 892. The van der Waals surface area contributed by atoms with Crippen molar-refractivity contribution in [3.63, 3.8) is 0 Å². The van der Waals surface area contributed by atoms with Crippen molar-refractivity contribution in [2.45, 2.75) is 26.2 Å². The van der Waals surface area contributed by atoms with Crippen molar-refractivity contribution in [1.82, 2.24) is 0 Å². The number of carbonyl (C=O) groups is 2. The van der Waals surface area contributed by atoms with E-state index in [2.05, 4.69) is 21.2 Å². The van der Waals surface area contributed by atoms with Crippen molar-refractivity contribution in [1.29, 1.82) is 0 Å². The van der Waals surface area contributed by atoms with Gasteiger partial charge in [0.05, 0.1) is 18.4 Å². The highest BCUT2D eigenvalue weighted by Gasteiger charge is 2.22. The van der Waals surface area contributed by atoms with Crippen LogP contribution in [0.4, 0.5) is 17.1 Å². The third-order valence-corrected chi connectivity index (χ3v) is 5.31. The molecular weight excluding hydrogens is 382 g/mol. The maximum absolute atomic E-state index is 12.0. The summed E-state index contributed by atoms with van der Waals surface area (Å²) < 4.78 is 5.31. The molecule has 0 unspecified atom stereocenters. The summed E-state index contributed by atoms with van der Waals surface area (Å²) in [5.41, 5.74) is 2.50. The van der Waals surface area contributed by atoms with E-state index >= 15 is 0 Å². The average Bonchev–Trinajstić information content (AvgIpc) is 2.77. The lowest BCUT2D eigenvalue weighted by Gasteiger charge is -2.38. The van der Waals surface area contributed by atoms with Crippen LogP contribution >= 0.6 is 0 Å². The molecule has 0 bridgehead atoms. The van der Waals surface area contributed by atoms with E-state index in [4.69, 9.17) is 4.74 Å². The Morgan fingerprint density at radius 3 is 2.47 bits per heavy atom. The van der Waals surface area contributed by atoms with Crippen LogP contribution in [0.3, 0.4) is 0 Å². The Hall–Kier alpha value is -3.22. The zero-order valence-electron chi connectivity index (χ0n) is 17.6. The number of hydrogen-bond donors (Lipinski definition) is 2. The first kappa shape index (κ1) is 21.5. The van der Waals surface area contributed by atoms with E-state index in [1.807, 2.05) is 25.1 Å². The van der Waals surface area contributed by atoms with Crippen molar-refractivity contribution in [2.24, 2.45) is 0 Å². The van der Waals surface area contributed by atoms with Crippen LogP contribution in [-0.4, -0.2) is 50.3 Å². The van der Waals surface area contributed by atoms with Crippen molar-refractivity contribution in [3.8, 4) is 5.75 Å². The van der Waals surface area contributed by atoms with Gasteiger partial charge in [-0.2, -0.15) is 0 Å². The summed E-state index contributed by atoms with van der Waals surface area (Å²) in [7, 11) is 1.65. The van der Waals surface area contributed by atoms with E-state index in [1.165, 1.54) is 0 Å². The summed E-state index contributed by atoms with van der Waals surface area (Å²) in [6.45, 7) is 5.00. The van der Waals surface area contributed by atoms with Gasteiger partial charge in [0.2, 0.25) is 5.91 Å². The van der Waals surface area contributed by atoms with Crippen molar-refractivity contribution >= 4 is 28.9 Å². The van der Waals surface area contributed by atoms with Gasteiger partial charge in [0.25, 0.3) is 0 Å². The Morgan fingerprint density at radius 1 is 1.07 bits per heavy atom. The molecular formula is C23H29N3O4. The first-order chi connectivity index (χ1) is 14.5. The lowest BCUT2D eigenvalue weighted by Crippen LogP contribution is -2.47. The molecule has 0 radical (unpaired) electrons. The SMILES string of the molecule is CCCCC(=O)Nc1ccc(N2CCN(c3cccc(OC)c3)CC2)c(C(=O)O)c1. The monoisotopic (exact) mass is 411 g/mol. The Labute approximate surface area is 177 Å². The number of anilines is 3. The summed E-state index contributed by atoms with van der Waals surface area (Å²) >= 11 is 0. The number of unbranched alkanes of at least 4 members (excludes halogenated alkanes) is 1. The lowest BCUT2D eigenvalue weighted by atomic mass is 10.1. The molecule has 1 fully saturated rings. The molecule has 0 aromatic heterocycles. The minimum absolute atomic E-state index is 0.0900. The van der Waals surface area contributed by atoms with Crippen LogP contribution in [0.5, 0.6) is 5.75 Å². The second-order valence-electron chi connectivity index (χ2n) is 7.36. The van der Waals surface area contributed by atoms with E-state index in [1.54, 1.807) is 25.3 Å². The van der Waals surface area contributed by atoms with Gasteiger partial charge in [-0.25, -0.2) is 4.79 Å². The zero-order chi connectivity index (χ0) is 21.5. The minimum Gasteiger partial charge on any atom is -0.497 e. The van der Waals surface area contributed by atoms with Gasteiger partial charge in [0.15, 0.2) is 0 Å². The third kappa shape index (κ3) is 5.23. The average molecular weight is 412 g/mol. The topological polar surface area (TPSA) is 82.1 Å².